The average molecular weight is 285 g/mol. The molecule has 0 aliphatic heterocycles. The van der Waals surface area contributed by atoms with Crippen LogP contribution in [0.5, 0.6) is 0 Å². The van der Waals surface area contributed by atoms with E-state index in [1.165, 1.54) is 11.8 Å². The van der Waals surface area contributed by atoms with Gasteiger partial charge in [0.15, 0.2) is 0 Å². The largest absolute Gasteiger partial charge is 0.387 e. The van der Waals surface area contributed by atoms with Crippen LogP contribution in [0.4, 0.5) is 17.1 Å². The van der Waals surface area contributed by atoms with Crippen LogP contribution in [-0.2, 0) is 0 Å². The minimum atomic E-state index is -0.914. The van der Waals surface area contributed by atoms with Crippen molar-refractivity contribution in [3.63, 3.8) is 0 Å². The number of rotatable bonds is 7. The van der Waals surface area contributed by atoms with Gasteiger partial charge in [0.25, 0.3) is 0 Å². The highest BCUT2D eigenvalue weighted by Crippen LogP contribution is 2.32. The number of nitrogens with one attached hydrogen (secondary N) is 2. The van der Waals surface area contributed by atoms with E-state index in [-0.39, 0.29) is 12.2 Å². The maximum absolute atomic E-state index is 11.1. The molecular weight excluding hydrogens is 266 g/mol. The Morgan fingerprint density at radius 1 is 1.47 bits per heavy atom. The normalized spacial score (nSPS) is 13.7. The SMILES string of the molecule is CNc1cccc(NCC(C)(O)CSC)c1[N+](=O)[O-]. The molecule has 1 rings (SSSR count). The van der Waals surface area contributed by atoms with Crippen LogP contribution in [0.1, 0.15) is 6.92 Å². The number of benzene rings is 1. The summed E-state index contributed by atoms with van der Waals surface area (Å²) in [6, 6.07) is 5.00. The number of nitro benzene ring substituents is 1. The highest BCUT2D eigenvalue weighted by atomic mass is 32.2. The Kier molecular flexibility index (Phi) is 5.44. The zero-order valence-electron chi connectivity index (χ0n) is 11.3. The third-order valence-corrected chi connectivity index (χ3v) is 3.51. The third kappa shape index (κ3) is 4.29. The van der Waals surface area contributed by atoms with Gasteiger partial charge in [0.05, 0.1) is 10.5 Å². The molecule has 6 nitrogen and oxygen atoms in total. The van der Waals surface area contributed by atoms with E-state index in [4.69, 9.17) is 0 Å². The van der Waals surface area contributed by atoms with Crippen molar-refractivity contribution in [3.8, 4) is 0 Å². The third-order valence-electron chi connectivity index (χ3n) is 2.60. The molecule has 0 spiro atoms. The molecule has 0 aromatic heterocycles. The topological polar surface area (TPSA) is 87.4 Å². The fourth-order valence-corrected chi connectivity index (χ4v) is 2.46. The lowest BCUT2D eigenvalue weighted by Gasteiger charge is -2.23. The molecule has 0 saturated heterocycles. The summed E-state index contributed by atoms with van der Waals surface area (Å²) in [5.74, 6) is 0.555. The van der Waals surface area contributed by atoms with Crippen LogP contribution >= 0.6 is 11.8 Å². The molecule has 0 aliphatic rings. The molecule has 0 heterocycles. The molecule has 0 aliphatic carbocycles. The Morgan fingerprint density at radius 3 is 2.63 bits per heavy atom. The van der Waals surface area contributed by atoms with E-state index < -0.39 is 10.5 Å². The Bertz CT molecular complexity index is 452. The van der Waals surface area contributed by atoms with E-state index in [0.717, 1.165) is 0 Å². The van der Waals surface area contributed by atoms with Gasteiger partial charge in [0, 0.05) is 19.3 Å². The number of hydrogen-bond acceptors (Lipinski definition) is 6. The van der Waals surface area contributed by atoms with Gasteiger partial charge in [-0.1, -0.05) is 6.07 Å². The summed E-state index contributed by atoms with van der Waals surface area (Å²) in [5, 5.41) is 26.9. The molecule has 0 amide bonds. The second kappa shape index (κ2) is 6.63. The van der Waals surface area contributed by atoms with Crippen molar-refractivity contribution < 1.29 is 10.0 Å². The summed E-state index contributed by atoms with van der Waals surface area (Å²) in [7, 11) is 1.63. The maximum atomic E-state index is 11.1. The van der Waals surface area contributed by atoms with Crippen LogP contribution in [0, 0.1) is 10.1 Å². The van der Waals surface area contributed by atoms with Crippen LogP contribution in [0.15, 0.2) is 18.2 Å². The summed E-state index contributed by atoms with van der Waals surface area (Å²) >= 11 is 1.53. The quantitative estimate of drug-likeness (QED) is 0.525. The van der Waals surface area contributed by atoms with Crippen molar-refractivity contribution in [1.82, 2.24) is 0 Å². The molecule has 1 aromatic carbocycles. The van der Waals surface area contributed by atoms with Gasteiger partial charge in [-0.3, -0.25) is 10.1 Å². The number of nitrogens with zero attached hydrogens (tertiary/aromatic N) is 1. The van der Waals surface area contributed by atoms with Crippen molar-refractivity contribution in [2.45, 2.75) is 12.5 Å². The predicted octanol–water partition coefficient (Wildman–Crippen LogP) is 2.16. The lowest BCUT2D eigenvalue weighted by atomic mass is 10.1. The first-order valence-electron chi connectivity index (χ1n) is 5.81. The monoisotopic (exact) mass is 285 g/mol. The first-order valence-corrected chi connectivity index (χ1v) is 7.21. The number of thioether (sulfide) groups is 1. The molecule has 19 heavy (non-hydrogen) atoms. The fraction of sp³-hybridized carbons (Fsp3) is 0.500. The molecule has 1 unspecified atom stereocenters. The Labute approximate surface area is 116 Å². The average Bonchev–Trinajstić information content (AvgIpc) is 2.35. The molecule has 106 valence electrons. The molecule has 0 fully saturated rings. The molecule has 1 aromatic rings. The summed E-state index contributed by atoms with van der Waals surface area (Å²) in [6.07, 6.45) is 1.90. The van der Waals surface area contributed by atoms with Gasteiger partial charge in [0.1, 0.15) is 11.4 Å². The lowest BCUT2D eigenvalue weighted by molar-refractivity contribution is -0.383. The van der Waals surface area contributed by atoms with Crippen LogP contribution in [0.3, 0.4) is 0 Å². The molecule has 0 saturated carbocycles. The number of hydrogen-bond donors (Lipinski definition) is 3. The molecule has 3 N–H and O–H groups in total. The van der Waals surface area contributed by atoms with Gasteiger partial charge in [-0.05, 0) is 25.3 Å². The molecule has 0 radical (unpaired) electrons. The zero-order valence-corrected chi connectivity index (χ0v) is 12.1. The lowest BCUT2D eigenvalue weighted by Crippen LogP contribution is -2.36. The van der Waals surface area contributed by atoms with E-state index in [0.29, 0.717) is 17.1 Å². The molecule has 0 bridgehead atoms. The van der Waals surface area contributed by atoms with Gasteiger partial charge in [0.2, 0.25) is 0 Å². The van der Waals surface area contributed by atoms with Crippen molar-refractivity contribution in [1.29, 1.82) is 0 Å². The van der Waals surface area contributed by atoms with Gasteiger partial charge < -0.3 is 15.7 Å². The fourth-order valence-electron chi connectivity index (χ4n) is 1.73. The Balaban J connectivity index is 2.92. The highest BCUT2D eigenvalue weighted by Gasteiger charge is 2.23. The first kappa shape index (κ1) is 15.6. The molecule has 7 heteroatoms. The van der Waals surface area contributed by atoms with E-state index >= 15 is 0 Å². The Hall–Kier alpha value is -1.47. The minimum Gasteiger partial charge on any atom is -0.387 e. The van der Waals surface area contributed by atoms with Gasteiger partial charge >= 0.3 is 5.69 Å². The summed E-state index contributed by atoms with van der Waals surface area (Å²) in [5.41, 5.74) is -0.0779. The van der Waals surface area contributed by atoms with Crippen LogP contribution in [0.25, 0.3) is 0 Å². The predicted molar refractivity (Wildman–Crippen MR) is 80.1 cm³/mol. The van der Waals surface area contributed by atoms with Gasteiger partial charge in [-0.15, -0.1) is 0 Å². The van der Waals surface area contributed by atoms with E-state index in [1.807, 2.05) is 6.26 Å². The number of aliphatic hydroxyl groups is 1. The van der Waals surface area contributed by atoms with Crippen molar-refractivity contribution in [2.24, 2.45) is 0 Å². The van der Waals surface area contributed by atoms with Crippen LogP contribution < -0.4 is 10.6 Å². The molecular formula is C12H19N3O3S. The standard InChI is InChI=1S/C12H19N3O3S/c1-12(16,8-19-3)7-14-10-6-4-5-9(13-2)11(10)15(17)18/h4-6,13-14,16H,7-8H2,1-3H3. The van der Waals surface area contributed by atoms with E-state index in [1.54, 1.807) is 32.2 Å². The minimum absolute atomic E-state index is 0.00930. The number of nitro groups is 1. The molecule has 1 atom stereocenters. The number of para-hydroxylation sites is 1. The van der Waals surface area contributed by atoms with E-state index in [2.05, 4.69) is 10.6 Å². The van der Waals surface area contributed by atoms with Gasteiger partial charge in [-0.25, -0.2) is 0 Å². The smallest absolute Gasteiger partial charge is 0.315 e. The van der Waals surface area contributed by atoms with Crippen LogP contribution in [0.2, 0.25) is 0 Å². The zero-order chi connectivity index (χ0) is 14.5. The summed E-state index contributed by atoms with van der Waals surface area (Å²) in [6.45, 7) is 1.95. The Morgan fingerprint density at radius 2 is 2.11 bits per heavy atom. The van der Waals surface area contributed by atoms with Crippen molar-refractivity contribution in [2.75, 3.05) is 36.2 Å². The van der Waals surface area contributed by atoms with Crippen molar-refractivity contribution in [3.05, 3.63) is 28.3 Å². The highest BCUT2D eigenvalue weighted by molar-refractivity contribution is 7.98. The number of anilines is 2. The van der Waals surface area contributed by atoms with Crippen LogP contribution in [-0.4, -0.2) is 41.2 Å². The maximum Gasteiger partial charge on any atom is 0.315 e. The first-order chi connectivity index (χ1) is 8.91. The summed E-state index contributed by atoms with van der Waals surface area (Å²) in [4.78, 5) is 10.7. The second-order valence-corrected chi connectivity index (χ2v) is 5.36. The van der Waals surface area contributed by atoms with Gasteiger partial charge in [-0.2, -0.15) is 11.8 Å². The van der Waals surface area contributed by atoms with E-state index in [9.17, 15) is 15.2 Å². The van der Waals surface area contributed by atoms with Crippen molar-refractivity contribution >= 4 is 28.8 Å². The second-order valence-electron chi connectivity index (χ2n) is 4.49. The summed E-state index contributed by atoms with van der Waals surface area (Å²) < 4.78 is 0.